The summed E-state index contributed by atoms with van der Waals surface area (Å²) in [5, 5.41) is 8.60. The molecule has 0 radical (unpaired) electrons. The van der Waals surface area contributed by atoms with E-state index in [-0.39, 0.29) is 11.8 Å². The Kier molecular flexibility index (Phi) is 6.78. The number of carboxylic acid groups (broad SMARTS) is 1. The molecule has 0 heterocycles. The van der Waals surface area contributed by atoms with Crippen LogP contribution in [0.25, 0.3) is 0 Å². The Morgan fingerprint density at radius 2 is 2.00 bits per heavy atom. The summed E-state index contributed by atoms with van der Waals surface area (Å²) >= 11 is 0. The Morgan fingerprint density at radius 1 is 1.38 bits per heavy atom. The van der Waals surface area contributed by atoms with Gasteiger partial charge in [-0.3, -0.25) is 4.79 Å². The summed E-state index contributed by atoms with van der Waals surface area (Å²) in [4.78, 5) is 10.4. The van der Waals surface area contributed by atoms with Gasteiger partial charge in [-0.2, -0.15) is 0 Å². The highest BCUT2D eigenvalue weighted by atomic mass is 16.4. The van der Waals surface area contributed by atoms with Gasteiger partial charge in [0.2, 0.25) is 0 Å². The lowest BCUT2D eigenvalue weighted by Gasteiger charge is -2.25. The molecule has 2 heteroatoms. The van der Waals surface area contributed by atoms with Crippen LogP contribution in [0, 0.1) is 5.41 Å². The van der Waals surface area contributed by atoms with Crippen molar-refractivity contribution < 1.29 is 9.90 Å². The normalized spacial score (nSPS) is 13.9. The van der Waals surface area contributed by atoms with Gasteiger partial charge >= 0.3 is 5.97 Å². The molecule has 0 aromatic heterocycles. The van der Waals surface area contributed by atoms with Crippen molar-refractivity contribution in [2.45, 2.75) is 52.9 Å². The number of hydrogen-bond donors (Lipinski definition) is 1. The van der Waals surface area contributed by atoms with Gasteiger partial charge in [0, 0.05) is 6.42 Å². The molecule has 1 N–H and O–H groups in total. The van der Waals surface area contributed by atoms with Crippen molar-refractivity contribution in [3.8, 4) is 0 Å². The molecule has 0 fully saturated rings. The average Bonchev–Trinajstić information content (AvgIpc) is 2.16. The maximum absolute atomic E-state index is 10.4. The molecule has 0 aromatic carbocycles. The van der Waals surface area contributed by atoms with Gasteiger partial charge < -0.3 is 5.11 Å². The number of aliphatic carboxylic acids is 1. The second-order valence-electron chi connectivity index (χ2n) is 4.93. The van der Waals surface area contributed by atoms with Crippen LogP contribution in [-0.4, -0.2) is 11.1 Å². The SMILES string of the molecule is C=CC(C)(CCC=C(C)C)CCCC(=O)O. The number of allylic oxidation sites excluding steroid dienone is 3. The first kappa shape index (κ1) is 14.9. The average molecular weight is 224 g/mol. The molecule has 0 saturated carbocycles. The standard InChI is InChI=1S/C14H24O2/c1-5-14(4,10-6-8-12(2)3)11-7-9-13(15)16/h5,8H,1,6-7,9-11H2,2-4H3,(H,15,16). The van der Waals surface area contributed by atoms with E-state index < -0.39 is 5.97 Å². The van der Waals surface area contributed by atoms with Gasteiger partial charge in [-0.15, -0.1) is 6.58 Å². The molecule has 0 bridgehead atoms. The number of rotatable bonds is 8. The summed E-state index contributed by atoms with van der Waals surface area (Å²) in [5.41, 5.74) is 1.40. The summed E-state index contributed by atoms with van der Waals surface area (Å²) in [7, 11) is 0. The van der Waals surface area contributed by atoms with Crippen LogP contribution in [-0.2, 0) is 4.79 Å². The second kappa shape index (κ2) is 7.26. The third kappa shape index (κ3) is 7.27. The predicted octanol–water partition coefficient (Wildman–Crippen LogP) is 4.18. The Labute approximate surface area is 99.1 Å². The van der Waals surface area contributed by atoms with E-state index in [4.69, 9.17) is 5.11 Å². The highest BCUT2D eigenvalue weighted by molar-refractivity contribution is 5.66. The molecule has 0 aliphatic rings. The molecule has 92 valence electrons. The number of carbonyl (C=O) groups is 1. The molecule has 0 saturated heterocycles. The smallest absolute Gasteiger partial charge is 0.303 e. The van der Waals surface area contributed by atoms with E-state index in [0.29, 0.717) is 0 Å². The van der Waals surface area contributed by atoms with Crippen LogP contribution in [0.4, 0.5) is 0 Å². The van der Waals surface area contributed by atoms with E-state index in [9.17, 15) is 4.79 Å². The van der Waals surface area contributed by atoms with Gasteiger partial charge in [-0.25, -0.2) is 0 Å². The van der Waals surface area contributed by atoms with Crippen molar-refractivity contribution in [2.24, 2.45) is 5.41 Å². The van der Waals surface area contributed by atoms with Crippen molar-refractivity contribution in [3.63, 3.8) is 0 Å². The zero-order chi connectivity index (χ0) is 12.6. The van der Waals surface area contributed by atoms with Gasteiger partial charge in [-0.05, 0) is 44.9 Å². The maximum atomic E-state index is 10.4. The minimum Gasteiger partial charge on any atom is -0.481 e. The van der Waals surface area contributed by atoms with Gasteiger partial charge in [-0.1, -0.05) is 24.6 Å². The zero-order valence-corrected chi connectivity index (χ0v) is 10.8. The molecule has 0 aliphatic heterocycles. The fourth-order valence-electron chi connectivity index (χ4n) is 1.66. The minimum absolute atomic E-state index is 0.0708. The Hall–Kier alpha value is -1.05. The minimum atomic E-state index is -0.712. The largest absolute Gasteiger partial charge is 0.481 e. The van der Waals surface area contributed by atoms with Gasteiger partial charge in [0.1, 0.15) is 0 Å². The maximum Gasteiger partial charge on any atom is 0.303 e. The first-order valence-corrected chi connectivity index (χ1v) is 5.88. The molecule has 0 spiro atoms. The van der Waals surface area contributed by atoms with E-state index in [2.05, 4.69) is 33.4 Å². The monoisotopic (exact) mass is 224 g/mol. The quantitative estimate of drug-likeness (QED) is 0.628. The number of hydrogen-bond acceptors (Lipinski definition) is 1. The fourth-order valence-corrected chi connectivity index (χ4v) is 1.66. The van der Waals surface area contributed by atoms with Crippen LogP contribution < -0.4 is 0 Å². The van der Waals surface area contributed by atoms with Crippen molar-refractivity contribution in [1.82, 2.24) is 0 Å². The first-order valence-electron chi connectivity index (χ1n) is 5.88. The lowest BCUT2D eigenvalue weighted by molar-refractivity contribution is -0.137. The molecule has 0 rings (SSSR count). The van der Waals surface area contributed by atoms with E-state index >= 15 is 0 Å². The number of carboxylic acids is 1. The highest BCUT2D eigenvalue weighted by Gasteiger charge is 2.19. The third-order valence-corrected chi connectivity index (χ3v) is 2.90. The van der Waals surface area contributed by atoms with E-state index in [1.807, 2.05) is 6.08 Å². The van der Waals surface area contributed by atoms with Crippen molar-refractivity contribution in [2.75, 3.05) is 0 Å². The summed E-state index contributed by atoms with van der Waals surface area (Å²) in [6.45, 7) is 10.2. The Bertz CT molecular complexity index is 262. The van der Waals surface area contributed by atoms with Gasteiger partial charge in [0.15, 0.2) is 0 Å². The van der Waals surface area contributed by atoms with Crippen molar-refractivity contribution in [3.05, 3.63) is 24.3 Å². The van der Waals surface area contributed by atoms with Crippen LogP contribution in [0.2, 0.25) is 0 Å². The molecule has 1 atom stereocenters. The summed E-state index contributed by atoms with van der Waals surface area (Å²) < 4.78 is 0. The van der Waals surface area contributed by atoms with Crippen LogP contribution in [0.15, 0.2) is 24.3 Å². The van der Waals surface area contributed by atoms with Crippen molar-refractivity contribution in [1.29, 1.82) is 0 Å². The highest BCUT2D eigenvalue weighted by Crippen LogP contribution is 2.31. The molecule has 0 amide bonds. The molecule has 0 aromatic rings. The first-order chi connectivity index (χ1) is 7.39. The van der Waals surface area contributed by atoms with Crippen LogP contribution in [0.3, 0.4) is 0 Å². The topological polar surface area (TPSA) is 37.3 Å². The summed E-state index contributed by atoms with van der Waals surface area (Å²) in [6, 6.07) is 0. The Morgan fingerprint density at radius 3 is 2.44 bits per heavy atom. The summed E-state index contributed by atoms with van der Waals surface area (Å²) in [5.74, 6) is -0.712. The molecule has 2 nitrogen and oxygen atoms in total. The van der Waals surface area contributed by atoms with E-state index in [1.54, 1.807) is 0 Å². The van der Waals surface area contributed by atoms with E-state index in [0.717, 1.165) is 25.7 Å². The summed E-state index contributed by atoms with van der Waals surface area (Å²) in [6.07, 6.45) is 8.16. The fraction of sp³-hybridized carbons (Fsp3) is 0.643. The van der Waals surface area contributed by atoms with Gasteiger partial charge in [0.25, 0.3) is 0 Å². The molecular formula is C14H24O2. The van der Waals surface area contributed by atoms with Gasteiger partial charge in [0.05, 0.1) is 0 Å². The molecular weight excluding hydrogens is 200 g/mol. The van der Waals surface area contributed by atoms with Crippen LogP contribution >= 0.6 is 0 Å². The third-order valence-electron chi connectivity index (χ3n) is 2.90. The lowest BCUT2D eigenvalue weighted by Crippen LogP contribution is -2.13. The molecule has 0 aliphatic carbocycles. The second-order valence-corrected chi connectivity index (χ2v) is 4.93. The predicted molar refractivity (Wildman–Crippen MR) is 68.5 cm³/mol. The van der Waals surface area contributed by atoms with E-state index in [1.165, 1.54) is 5.57 Å². The molecule has 16 heavy (non-hydrogen) atoms. The zero-order valence-electron chi connectivity index (χ0n) is 10.8. The molecule has 1 unspecified atom stereocenters. The van der Waals surface area contributed by atoms with Crippen molar-refractivity contribution >= 4 is 5.97 Å². The Balaban J connectivity index is 4.05. The lowest BCUT2D eigenvalue weighted by atomic mass is 9.80. The van der Waals surface area contributed by atoms with Crippen LogP contribution in [0.1, 0.15) is 52.9 Å². The van der Waals surface area contributed by atoms with Crippen LogP contribution in [0.5, 0.6) is 0 Å².